The Hall–Kier alpha value is -3.42. The number of aliphatic hydroxyl groups is 1. The van der Waals surface area contributed by atoms with E-state index in [2.05, 4.69) is 102 Å². The first-order valence-corrected chi connectivity index (χ1v) is 13.5. The van der Waals surface area contributed by atoms with Crippen molar-refractivity contribution < 1.29 is 5.11 Å². The maximum atomic E-state index is 10.8. The van der Waals surface area contributed by atoms with Crippen LogP contribution in [0, 0.1) is 0 Å². The number of fused-ring (bicyclic) bond motifs is 4. The average Bonchev–Trinajstić information content (AvgIpc) is 3.29. The molecule has 188 valence electrons. The van der Waals surface area contributed by atoms with Gasteiger partial charge in [0.2, 0.25) is 0 Å². The lowest BCUT2D eigenvalue weighted by Gasteiger charge is -2.22. The Kier molecular flexibility index (Phi) is 6.68. The fourth-order valence-corrected chi connectivity index (χ4v) is 5.90. The van der Waals surface area contributed by atoms with E-state index in [-0.39, 0.29) is 5.41 Å². The largest absolute Gasteiger partial charge is 0.384 e. The van der Waals surface area contributed by atoms with E-state index in [9.17, 15) is 5.11 Å². The molecular formula is C36H38O. The monoisotopic (exact) mass is 486 g/mol. The van der Waals surface area contributed by atoms with Gasteiger partial charge in [-0.05, 0) is 100 Å². The van der Waals surface area contributed by atoms with Crippen LogP contribution in [0.25, 0.3) is 22.3 Å². The summed E-state index contributed by atoms with van der Waals surface area (Å²) in [6.07, 6.45) is 8.91. The molecule has 0 aromatic heterocycles. The van der Waals surface area contributed by atoms with Gasteiger partial charge in [-0.3, -0.25) is 0 Å². The molecule has 3 aromatic rings. The van der Waals surface area contributed by atoms with E-state index >= 15 is 0 Å². The molecule has 37 heavy (non-hydrogen) atoms. The van der Waals surface area contributed by atoms with E-state index in [4.69, 9.17) is 0 Å². The van der Waals surface area contributed by atoms with Crippen molar-refractivity contribution in [3.05, 3.63) is 130 Å². The zero-order chi connectivity index (χ0) is 26.3. The molecule has 0 fully saturated rings. The molecule has 1 nitrogen and oxygen atoms in total. The molecule has 2 aliphatic rings. The van der Waals surface area contributed by atoms with Crippen LogP contribution >= 0.6 is 0 Å². The second kappa shape index (κ2) is 9.80. The van der Waals surface area contributed by atoms with Gasteiger partial charge in [-0.2, -0.15) is 0 Å². The maximum Gasteiger partial charge on any atom is 0.105 e. The minimum Gasteiger partial charge on any atom is -0.384 e. The smallest absolute Gasteiger partial charge is 0.105 e. The van der Waals surface area contributed by atoms with Crippen molar-refractivity contribution >= 4 is 11.1 Å². The molecule has 0 bridgehead atoms. The van der Waals surface area contributed by atoms with Crippen molar-refractivity contribution in [1.82, 2.24) is 0 Å². The SMILES string of the molecule is C=C(CC)CCc1ccc2c(c1)C(C)(C)c1cc(/C(C)=C/C=C/C3=C(C)c4ccccc4C3O)ccc1-2. The lowest BCUT2D eigenvalue weighted by atomic mass is 9.81. The molecule has 1 heteroatoms. The van der Waals surface area contributed by atoms with Gasteiger partial charge >= 0.3 is 0 Å². The fourth-order valence-electron chi connectivity index (χ4n) is 5.90. The van der Waals surface area contributed by atoms with Crippen molar-refractivity contribution in [3.63, 3.8) is 0 Å². The lowest BCUT2D eigenvalue weighted by molar-refractivity contribution is 0.223. The Morgan fingerprint density at radius 2 is 1.68 bits per heavy atom. The van der Waals surface area contributed by atoms with Crippen molar-refractivity contribution in [3.8, 4) is 11.1 Å². The number of benzene rings is 3. The summed E-state index contributed by atoms with van der Waals surface area (Å²) in [6.45, 7) is 15.3. The third-order valence-corrected chi connectivity index (χ3v) is 8.47. The highest BCUT2D eigenvalue weighted by molar-refractivity contribution is 5.83. The number of aryl methyl sites for hydroxylation is 1. The highest BCUT2D eigenvalue weighted by atomic mass is 16.3. The van der Waals surface area contributed by atoms with Gasteiger partial charge in [0, 0.05) is 5.41 Å². The molecular weight excluding hydrogens is 448 g/mol. The predicted octanol–water partition coefficient (Wildman–Crippen LogP) is 9.37. The molecule has 2 aliphatic carbocycles. The number of hydrogen-bond acceptors (Lipinski definition) is 1. The maximum absolute atomic E-state index is 10.8. The minimum absolute atomic E-state index is 0.0315. The van der Waals surface area contributed by atoms with Gasteiger partial charge in [-0.25, -0.2) is 0 Å². The quantitative estimate of drug-likeness (QED) is 0.260. The van der Waals surface area contributed by atoms with E-state index in [0.29, 0.717) is 0 Å². The zero-order valence-electron chi connectivity index (χ0n) is 22.9. The Morgan fingerprint density at radius 1 is 0.973 bits per heavy atom. The van der Waals surface area contributed by atoms with E-state index in [0.717, 1.165) is 41.5 Å². The zero-order valence-corrected chi connectivity index (χ0v) is 22.9. The van der Waals surface area contributed by atoms with Crippen LogP contribution in [-0.4, -0.2) is 5.11 Å². The van der Waals surface area contributed by atoms with Crippen LogP contribution in [0.4, 0.5) is 0 Å². The number of aliphatic hydroxyl groups excluding tert-OH is 1. The molecule has 1 N–H and O–H groups in total. The topological polar surface area (TPSA) is 20.2 Å². The summed E-state index contributed by atoms with van der Waals surface area (Å²) >= 11 is 0. The summed E-state index contributed by atoms with van der Waals surface area (Å²) < 4.78 is 0. The summed E-state index contributed by atoms with van der Waals surface area (Å²) in [5.41, 5.74) is 15.0. The van der Waals surface area contributed by atoms with Crippen LogP contribution in [0.5, 0.6) is 0 Å². The van der Waals surface area contributed by atoms with E-state index in [1.54, 1.807) is 0 Å². The highest BCUT2D eigenvalue weighted by Gasteiger charge is 2.35. The van der Waals surface area contributed by atoms with Crippen LogP contribution < -0.4 is 0 Å². The molecule has 0 amide bonds. The summed E-state index contributed by atoms with van der Waals surface area (Å²) in [5, 5.41) is 10.8. The van der Waals surface area contributed by atoms with E-state index in [1.807, 2.05) is 18.2 Å². The normalized spacial score (nSPS) is 17.8. The van der Waals surface area contributed by atoms with Crippen LogP contribution in [-0.2, 0) is 11.8 Å². The number of allylic oxidation sites excluding steroid dienone is 5. The van der Waals surface area contributed by atoms with Gasteiger partial charge in [-0.15, -0.1) is 0 Å². The van der Waals surface area contributed by atoms with Crippen molar-refractivity contribution in [2.75, 3.05) is 0 Å². The molecule has 0 heterocycles. The lowest BCUT2D eigenvalue weighted by Crippen LogP contribution is -2.15. The van der Waals surface area contributed by atoms with E-state index in [1.165, 1.54) is 44.5 Å². The molecule has 5 rings (SSSR count). The third kappa shape index (κ3) is 4.47. The van der Waals surface area contributed by atoms with Crippen LogP contribution in [0.3, 0.4) is 0 Å². The second-order valence-corrected chi connectivity index (χ2v) is 11.1. The Balaban J connectivity index is 1.39. The number of rotatable bonds is 7. The van der Waals surface area contributed by atoms with Crippen LogP contribution in [0.2, 0.25) is 0 Å². The third-order valence-electron chi connectivity index (χ3n) is 8.47. The standard InChI is InChI=1S/C36H38O/c1-7-23(2)15-16-26-17-19-30-31-20-18-27(22-34(31)36(5,6)33(30)21-26)24(3)11-10-14-29-25(4)28-12-8-9-13-32(28)35(29)37/h8-14,17-22,35,37H,2,7,15-16H2,1,3-6H3/b14-10+,24-11+. The van der Waals surface area contributed by atoms with Crippen LogP contribution in [0.15, 0.2) is 96.6 Å². The fraction of sp³-hybridized carbons (Fsp3) is 0.278. The van der Waals surface area contributed by atoms with Crippen molar-refractivity contribution in [2.24, 2.45) is 0 Å². The van der Waals surface area contributed by atoms with Crippen LogP contribution in [0.1, 0.15) is 86.9 Å². The molecule has 0 saturated heterocycles. The van der Waals surface area contributed by atoms with Gasteiger partial charge < -0.3 is 5.11 Å². The summed E-state index contributed by atoms with van der Waals surface area (Å²) in [4.78, 5) is 0. The molecule has 0 saturated carbocycles. The molecule has 1 atom stereocenters. The number of hydrogen-bond donors (Lipinski definition) is 1. The first kappa shape index (κ1) is 25.2. The first-order valence-electron chi connectivity index (χ1n) is 13.5. The van der Waals surface area contributed by atoms with E-state index < -0.39 is 6.10 Å². The summed E-state index contributed by atoms with van der Waals surface area (Å²) in [6, 6.07) is 22.1. The average molecular weight is 487 g/mol. The van der Waals surface area contributed by atoms with Crippen molar-refractivity contribution in [1.29, 1.82) is 0 Å². The molecule has 0 aliphatic heterocycles. The Morgan fingerprint density at radius 3 is 2.41 bits per heavy atom. The molecule has 0 radical (unpaired) electrons. The highest BCUT2D eigenvalue weighted by Crippen LogP contribution is 2.49. The minimum atomic E-state index is -0.551. The Bertz CT molecular complexity index is 1470. The second-order valence-electron chi connectivity index (χ2n) is 11.1. The summed E-state index contributed by atoms with van der Waals surface area (Å²) in [5.74, 6) is 0. The van der Waals surface area contributed by atoms with Gasteiger partial charge in [0.25, 0.3) is 0 Å². The first-order chi connectivity index (χ1) is 17.7. The summed E-state index contributed by atoms with van der Waals surface area (Å²) in [7, 11) is 0. The molecule has 0 spiro atoms. The van der Waals surface area contributed by atoms with Gasteiger partial charge in [0.15, 0.2) is 0 Å². The van der Waals surface area contributed by atoms with Crippen molar-refractivity contribution in [2.45, 2.75) is 65.4 Å². The Labute approximate surface area is 222 Å². The molecule has 1 unspecified atom stereocenters. The predicted molar refractivity (Wildman–Crippen MR) is 159 cm³/mol. The molecule has 3 aromatic carbocycles. The van der Waals surface area contributed by atoms with Gasteiger partial charge in [0.05, 0.1) is 0 Å². The van der Waals surface area contributed by atoms with Gasteiger partial charge in [0.1, 0.15) is 6.10 Å². The van der Waals surface area contributed by atoms with Gasteiger partial charge in [-0.1, -0.05) is 106 Å².